The molecule has 0 unspecified atom stereocenters. The number of fused-ring (bicyclic) bond motifs is 1. The number of rotatable bonds is 7. The molecule has 0 bridgehead atoms. The lowest BCUT2D eigenvalue weighted by Gasteiger charge is -2.22. The minimum Gasteiger partial charge on any atom is -0.435 e. The second-order valence-electron chi connectivity index (χ2n) is 6.76. The Balaban J connectivity index is 1.53. The van der Waals surface area contributed by atoms with Crippen LogP contribution in [0.1, 0.15) is 16.8 Å². The third-order valence-corrected chi connectivity index (χ3v) is 4.53. The quantitative estimate of drug-likeness (QED) is 0.486. The van der Waals surface area contributed by atoms with Crippen LogP contribution in [0.4, 0.5) is 8.78 Å². The fraction of sp³-hybridized carbons (Fsp3) is 0.333. The third-order valence-electron chi connectivity index (χ3n) is 4.53. The summed E-state index contributed by atoms with van der Waals surface area (Å²) < 4.78 is 30.9. The molecule has 0 spiro atoms. The molecule has 0 saturated heterocycles. The van der Waals surface area contributed by atoms with Crippen LogP contribution >= 0.6 is 0 Å². The van der Waals surface area contributed by atoms with Crippen molar-refractivity contribution < 1.29 is 13.5 Å². The van der Waals surface area contributed by atoms with E-state index in [9.17, 15) is 8.78 Å². The van der Waals surface area contributed by atoms with Gasteiger partial charge in [0.15, 0.2) is 5.96 Å². The van der Waals surface area contributed by atoms with Gasteiger partial charge in [-0.15, -0.1) is 0 Å². The first kappa shape index (κ1) is 20.6. The average molecular weight is 401 g/mol. The molecule has 2 heterocycles. The lowest BCUT2D eigenvalue weighted by molar-refractivity contribution is -0.0498. The molecular weight excluding hydrogens is 376 g/mol. The SMILES string of the molecule is CN=C(NCCc1cn2cccc(C)c2n1)N(C)Cc1ccc(OC(F)F)cc1. The molecule has 0 saturated carbocycles. The van der Waals surface area contributed by atoms with E-state index in [1.165, 1.54) is 12.1 Å². The van der Waals surface area contributed by atoms with Crippen molar-refractivity contribution >= 4 is 11.6 Å². The van der Waals surface area contributed by atoms with Gasteiger partial charge in [-0.1, -0.05) is 18.2 Å². The van der Waals surface area contributed by atoms with Gasteiger partial charge in [0, 0.05) is 46.0 Å². The zero-order chi connectivity index (χ0) is 20.8. The summed E-state index contributed by atoms with van der Waals surface area (Å²) in [6.45, 7) is 0.514. The Labute approximate surface area is 168 Å². The fourth-order valence-electron chi connectivity index (χ4n) is 3.14. The van der Waals surface area contributed by atoms with Gasteiger partial charge < -0.3 is 19.4 Å². The van der Waals surface area contributed by atoms with Gasteiger partial charge in [-0.25, -0.2) is 4.98 Å². The van der Waals surface area contributed by atoms with Crippen molar-refractivity contribution in [3.8, 4) is 5.75 Å². The Hall–Kier alpha value is -3.16. The van der Waals surface area contributed by atoms with E-state index in [0.29, 0.717) is 13.1 Å². The van der Waals surface area contributed by atoms with Gasteiger partial charge in [0.1, 0.15) is 11.4 Å². The van der Waals surface area contributed by atoms with Gasteiger partial charge in [0.05, 0.1) is 5.69 Å². The summed E-state index contributed by atoms with van der Waals surface area (Å²) in [4.78, 5) is 11.0. The Morgan fingerprint density at radius 1 is 1.28 bits per heavy atom. The zero-order valence-corrected chi connectivity index (χ0v) is 16.8. The first-order valence-electron chi connectivity index (χ1n) is 9.35. The number of halogens is 2. The molecule has 0 aliphatic heterocycles. The number of aryl methyl sites for hydroxylation is 1. The summed E-state index contributed by atoms with van der Waals surface area (Å²) in [6.07, 6.45) is 4.81. The fourth-order valence-corrected chi connectivity index (χ4v) is 3.14. The molecule has 6 nitrogen and oxygen atoms in total. The zero-order valence-electron chi connectivity index (χ0n) is 16.8. The maximum atomic E-state index is 12.2. The Kier molecular flexibility index (Phi) is 6.64. The van der Waals surface area contributed by atoms with E-state index in [-0.39, 0.29) is 5.75 Å². The standard InChI is InChI=1S/C21H25F2N5O/c1-15-5-4-12-28-14-17(26-19(15)28)10-11-25-21(24-2)27(3)13-16-6-8-18(9-7-16)29-20(22)23/h4-9,12,14,20H,10-11,13H2,1-3H3,(H,24,25). The van der Waals surface area contributed by atoms with Crippen LogP contribution in [0.25, 0.3) is 5.65 Å². The number of nitrogens with zero attached hydrogens (tertiary/aromatic N) is 4. The second kappa shape index (κ2) is 9.36. The lowest BCUT2D eigenvalue weighted by Crippen LogP contribution is -2.39. The summed E-state index contributed by atoms with van der Waals surface area (Å²) in [5, 5.41) is 3.34. The molecule has 8 heteroatoms. The molecule has 1 N–H and O–H groups in total. The van der Waals surface area contributed by atoms with Crippen molar-refractivity contribution in [3.05, 3.63) is 65.6 Å². The van der Waals surface area contributed by atoms with Crippen molar-refractivity contribution in [3.63, 3.8) is 0 Å². The molecule has 0 aliphatic carbocycles. The van der Waals surface area contributed by atoms with Crippen LogP contribution in [0.15, 0.2) is 53.8 Å². The number of imidazole rings is 1. The van der Waals surface area contributed by atoms with E-state index in [4.69, 9.17) is 0 Å². The molecule has 0 radical (unpaired) electrons. The van der Waals surface area contributed by atoms with E-state index in [1.54, 1.807) is 19.2 Å². The summed E-state index contributed by atoms with van der Waals surface area (Å²) in [5.74, 6) is 0.898. The highest BCUT2D eigenvalue weighted by Crippen LogP contribution is 2.16. The number of guanidine groups is 1. The number of benzene rings is 1. The minimum absolute atomic E-state index is 0.150. The Morgan fingerprint density at radius 2 is 2.03 bits per heavy atom. The van der Waals surface area contributed by atoms with Crippen LogP contribution < -0.4 is 10.1 Å². The van der Waals surface area contributed by atoms with Gasteiger partial charge in [-0.3, -0.25) is 4.99 Å². The molecule has 2 aromatic heterocycles. The van der Waals surface area contributed by atoms with Gasteiger partial charge in [0.25, 0.3) is 0 Å². The Bertz CT molecular complexity index is 969. The summed E-state index contributed by atoms with van der Waals surface area (Å²) in [6, 6.07) is 10.7. The normalized spacial score (nSPS) is 11.9. The number of ether oxygens (including phenoxy) is 1. The molecular formula is C21H25F2N5O. The van der Waals surface area contributed by atoms with Crippen molar-refractivity contribution in [2.24, 2.45) is 4.99 Å². The second-order valence-corrected chi connectivity index (χ2v) is 6.76. The topological polar surface area (TPSA) is 54.2 Å². The van der Waals surface area contributed by atoms with Crippen molar-refractivity contribution in [1.82, 2.24) is 19.6 Å². The highest BCUT2D eigenvalue weighted by molar-refractivity contribution is 5.79. The van der Waals surface area contributed by atoms with Crippen molar-refractivity contribution in [2.45, 2.75) is 26.5 Å². The van der Waals surface area contributed by atoms with E-state index in [2.05, 4.69) is 20.0 Å². The molecule has 0 fully saturated rings. The molecule has 0 amide bonds. The number of aliphatic imine (C=N–C) groups is 1. The summed E-state index contributed by atoms with van der Waals surface area (Å²) >= 11 is 0. The largest absolute Gasteiger partial charge is 0.435 e. The molecule has 0 atom stereocenters. The molecule has 1 aromatic carbocycles. The molecule has 29 heavy (non-hydrogen) atoms. The van der Waals surface area contributed by atoms with Crippen LogP contribution in [0, 0.1) is 6.92 Å². The number of nitrogens with one attached hydrogen (secondary N) is 1. The van der Waals surface area contributed by atoms with Crippen LogP contribution in [-0.4, -0.2) is 47.5 Å². The van der Waals surface area contributed by atoms with Gasteiger partial charge in [-0.2, -0.15) is 8.78 Å². The maximum Gasteiger partial charge on any atom is 0.387 e. The number of alkyl halides is 2. The van der Waals surface area contributed by atoms with Gasteiger partial charge >= 0.3 is 6.61 Å². The van der Waals surface area contributed by atoms with Gasteiger partial charge in [-0.05, 0) is 36.2 Å². The monoisotopic (exact) mass is 401 g/mol. The number of pyridine rings is 1. The number of aromatic nitrogens is 2. The first-order valence-corrected chi connectivity index (χ1v) is 9.35. The average Bonchev–Trinajstić information content (AvgIpc) is 3.11. The van der Waals surface area contributed by atoms with Crippen LogP contribution in [-0.2, 0) is 13.0 Å². The van der Waals surface area contributed by atoms with Crippen molar-refractivity contribution in [1.29, 1.82) is 0 Å². The number of hydrogen-bond acceptors (Lipinski definition) is 3. The highest BCUT2D eigenvalue weighted by atomic mass is 19.3. The van der Waals surface area contributed by atoms with Crippen LogP contribution in [0.2, 0.25) is 0 Å². The third kappa shape index (κ3) is 5.43. The van der Waals surface area contributed by atoms with E-state index in [1.807, 2.05) is 47.8 Å². The van der Waals surface area contributed by atoms with Crippen LogP contribution in [0.3, 0.4) is 0 Å². The van der Waals surface area contributed by atoms with E-state index in [0.717, 1.165) is 34.8 Å². The highest BCUT2D eigenvalue weighted by Gasteiger charge is 2.09. The first-order chi connectivity index (χ1) is 14.0. The molecule has 0 aliphatic rings. The molecule has 3 aromatic rings. The predicted octanol–water partition coefficient (Wildman–Crippen LogP) is 3.49. The maximum absolute atomic E-state index is 12.2. The lowest BCUT2D eigenvalue weighted by atomic mass is 10.2. The summed E-state index contributed by atoms with van der Waals surface area (Å²) in [5.41, 5.74) is 4.10. The minimum atomic E-state index is -2.82. The summed E-state index contributed by atoms with van der Waals surface area (Å²) in [7, 11) is 3.65. The van der Waals surface area contributed by atoms with E-state index >= 15 is 0 Å². The van der Waals surface area contributed by atoms with Crippen LogP contribution in [0.5, 0.6) is 5.75 Å². The van der Waals surface area contributed by atoms with Crippen molar-refractivity contribution in [2.75, 3.05) is 20.6 Å². The van der Waals surface area contributed by atoms with Gasteiger partial charge in [0.2, 0.25) is 0 Å². The number of hydrogen-bond donors (Lipinski definition) is 1. The van der Waals surface area contributed by atoms with E-state index < -0.39 is 6.61 Å². The predicted molar refractivity (Wildman–Crippen MR) is 110 cm³/mol. The Morgan fingerprint density at radius 3 is 2.69 bits per heavy atom. The smallest absolute Gasteiger partial charge is 0.387 e. The molecule has 3 rings (SSSR count). The molecule has 154 valence electrons.